The number of benzene rings is 1. The minimum absolute atomic E-state index is 0.0626. The lowest BCUT2D eigenvalue weighted by atomic mass is 10.0. The van der Waals surface area contributed by atoms with Crippen LogP contribution in [0.1, 0.15) is 34.0 Å². The van der Waals surface area contributed by atoms with Gasteiger partial charge in [-0.25, -0.2) is 4.98 Å². The molecule has 0 bridgehead atoms. The number of fused-ring (bicyclic) bond motifs is 1. The van der Waals surface area contributed by atoms with Crippen molar-refractivity contribution in [2.24, 2.45) is 0 Å². The monoisotopic (exact) mass is 306 g/mol. The molecule has 4 nitrogen and oxygen atoms in total. The van der Waals surface area contributed by atoms with Gasteiger partial charge in [-0.2, -0.15) is 0 Å². The molecule has 0 fully saturated rings. The third kappa shape index (κ3) is 2.88. The number of hydrogen-bond donors (Lipinski definition) is 1. The van der Waals surface area contributed by atoms with Crippen molar-refractivity contribution in [3.63, 3.8) is 0 Å². The molecule has 0 unspecified atom stereocenters. The molecule has 116 valence electrons. The molecule has 0 radical (unpaired) electrons. The predicted octanol–water partition coefficient (Wildman–Crippen LogP) is 4.25. The molecule has 0 aliphatic carbocycles. The van der Waals surface area contributed by atoms with E-state index in [0.29, 0.717) is 5.56 Å². The van der Waals surface area contributed by atoms with Crippen molar-refractivity contribution in [1.29, 1.82) is 0 Å². The molecule has 0 aliphatic rings. The van der Waals surface area contributed by atoms with Gasteiger partial charge in [-0.05, 0) is 43.2 Å². The number of aromatic nitrogens is 2. The second-order valence-electron chi connectivity index (χ2n) is 5.45. The summed E-state index contributed by atoms with van der Waals surface area (Å²) in [6.45, 7) is 3.60. The normalized spacial score (nSPS) is 11.3. The molecule has 4 heteroatoms. The summed E-state index contributed by atoms with van der Waals surface area (Å²) in [5, 5.41) is 0.948. The Morgan fingerprint density at radius 2 is 2.00 bits per heavy atom. The Morgan fingerprint density at radius 3 is 2.74 bits per heavy atom. The summed E-state index contributed by atoms with van der Waals surface area (Å²) in [5.74, 6) is 0.848. The zero-order chi connectivity index (χ0) is 16.4. The lowest BCUT2D eigenvalue weighted by Crippen LogP contribution is -1.94. The lowest BCUT2D eigenvalue weighted by Gasteiger charge is -2.07. The number of H-pyrrole nitrogens is 1. The third-order valence-electron chi connectivity index (χ3n) is 3.90. The third-order valence-corrected chi connectivity index (χ3v) is 3.90. The van der Waals surface area contributed by atoms with E-state index in [0.717, 1.165) is 33.5 Å². The van der Waals surface area contributed by atoms with E-state index >= 15 is 0 Å². The van der Waals surface area contributed by atoms with Crippen molar-refractivity contribution in [1.82, 2.24) is 9.97 Å². The molecule has 3 rings (SSSR count). The molecule has 0 saturated heterocycles. The first kappa shape index (κ1) is 15.0. The fourth-order valence-corrected chi connectivity index (χ4v) is 2.56. The Kier molecular flexibility index (Phi) is 3.98. The van der Waals surface area contributed by atoms with E-state index in [9.17, 15) is 4.79 Å². The zero-order valence-corrected chi connectivity index (χ0v) is 13.4. The highest BCUT2D eigenvalue weighted by Gasteiger charge is 2.08. The molecule has 0 aliphatic heterocycles. The van der Waals surface area contributed by atoms with Gasteiger partial charge in [-0.1, -0.05) is 18.2 Å². The molecule has 3 aromatic rings. The van der Waals surface area contributed by atoms with Crippen molar-refractivity contribution >= 4 is 29.0 Å². The van der Waals surface area contributed by atoms with E-state index in [-0.39, 0.29) is 5.78 Å². The molecule has 2 heterocycles. The number of Topliss-reactive ketones (excluding diaryl/α,β-unsaturated/α-hetero) is 1. The SMILES string of the molecule is COc1c(/C=C/c2cc(C(C)=O)ccc2C)cnc2[nH]ccc12. The van der Waals surface area contributed by atoms with E-state index in [1.165, 1.54) is 0 Å². The van der Waals surface area contributed by atoms with Gasteiger partial charge in [-0.3, -0.25) is 4.79 Å². The van der Waals surface area contributed by atoms with Gasteiger partial charge in [-0.15, -0.1) is 0 Å². The predicted molar refractivity (Wildman–Crippen MR) is 92.8 cm³/mol. The number of ether oxygens (including phenoxy) is 1. The molecule has 0 atom stereocenters. The standard InChI is InChI=1S/C19H18N2O2/c1-12-4-5-15(13(2)22)10-14(12)6-7-16-11-21-19-17(8-9-20-19)18(16)23-3/h4-11H,1-3H3,(H,20,21)/b7-6+. The van der Waals surface area contributed by atoms with E-state index in [2.05, 4.69) is 9.97 Å². The smallest absolute Gasteiger partial charge is 0.159 e. The summed E-state index contributed by atoms with van der Waals surface area (Å²) in [5.41, 5.74) is 4.53. The lowest BCUT2D eigenvalue weighted by molar-refractivity contribution is 0.101. The van der Waals surface area contributed by atoms with Crippen molar-refractivity contribution < 1.29 is 9.53 Å². The van der Waals surface area contributed by atoms with Crippen molar-refractivity contribution in [3.8, 4) is 5.75 Å². The number of rotatable bonds is 4. The van der Waals surface area contributed by atoms with Crippen LogP contribution >= 0.6 is 0 Å². The Labute approximate surface area is 134 Å². The summed E-state index contributed by atoms with van der Waals surface area (Å²) >= 11 is 0. The van der Waals surface area contributed by atoms with Crippen LogP contribution in [-0.4, -0.2) is 22.9 Å². The van der Waals surface area contributed by atoms with Gasteiger partial charge >= 0.3 is 0 Å². The number of ketones is 1. The summed E-state index contributed by atoms with van der Waals surface area (Å²) < 4.78 is 5.53. The first-order valence-electron chi connectivity index (χ1n) is 7.40. The maximum Gasteiger partial charge on any atom is 0.159 e. The van der Waals surface area contributed by atoms with Gasteiger partial charge in [0.1, 0.15) is 11.4 Å². The van der Waals surface area contributed by atoms with Gasteiger partial charge < -0.3 is 9.72 Å². The quantitative estimate of drug-likeness (QED) is 0.733. The van der Waals surface area contributed by atoms with Gasteiger partial charge in [0.15, 0.2) is 5.78 Å². The van der Waals surface area contributed by atoms with Gasteiger partial charge in [0.05, 0.1) is 12.5 Å². The van der Waals surface area contributed by atoms with Crippen LogP contribution in [0.5, 0.6) is 5.75 Å². The highest BCUT2D eigenvalue weighted by Crippen LogP contribution is 2.29. The molecule has 0 amide bonds. The van der Waals surface area contributed by atoms with Gasteiger partial charge in [0.2, 0.25) is 0 Å². The topological polar surface area (TPSA) is 55.0 Å². The molecule has 0 saturated carbocycles. The second-order valence-corrected chi connectivity index (χ2v) is 5.45. The first-order valence-corrected chi connectivity index (χ1v) is 7.40. The van der Waals surface area contributed by atoms with Crippen LogP contribution in [-0.2, 0) is 0 Å². The Balaban J connectivity index is 2.03. The largest absolute Gasteiger partial charge is 0.495 e. The number of nitrogens with one attached hydrogen (secondary N) is 1. The average Bonchev–Trinajstić information content (AvgIpc) is 3.01. The average molecular weight is 306 g/mol. The number of hydrogen-bond acceptors (Lipinski definition) is 3. The number of aromatic amines is 1. The van der Waals surface area contributed by atoms with E-state index < -0.39 is 0 Å². The number of carbonyl (C=O) groups excluding carboxylic acids is 1. The molecular formula is C19H18N2O2. The van der Waals surface area contributed by atoms with Gasteiger partial charge in [0.25, 0.3) is 0 Å². The molecule has 0 spiro atoms. The van der Waals surface area contributed by atoms with Crippen LogP contribution in [0.4, 0.5) is 0 Å². The van der Waals surface area contributed by atoms with Gasteiger partial charge in [0, 0.05) is 23.5 Å². The number of aryl methyl sites for hydroxylation is 1. The number of carbonyl (C=O) groups is 1. The van der Waals surface area contributed by atoms with Crippen LogP contribution in [0, 0.1) is 6.92 Å². The van der Waals surface area contributed by atoms with Crippen molar-refractivity contribution in [2.75, 3.05) is 7.11 Å². The second kappa shape index (κ2) is 6.08. The zero-order valence-electron chi connectivity index (χ0n) is 13.4. The molecule has 2 aromatic heterocycles. The fourth-order valence-electron chi connectivity index (χ4n) is 2.56. The number of pyridine rings is 1. The Morgan fingerprint density at radius 1 is 1.22 bits per heavy atom. The van der Waals surface area contributed by atoms with Crippen LogP contribution in [0.25, 0.3) is 23.2 Å². The molecule has 1 N–H and O–H groups in total. The minimum atomic E-state index is 0.0626. The summed E-state index contributed by atoms with van der Waals surface area (Å²) in [4.78, 5) is 19.0. The summed E-state index contributed by atoms with van der Waals surface area (Å²) in [6.07, 6.45) is 7.57. The van der Waals surface area contributed by atoms with E-state index in [1.54, 1.807) is 20.2 Å². The fraction of sp³-hybridized carbons (Fsp3) is 0.158. The number of methoxy groups -OCH3 is 1. The minimum Gasteiger partial charge on any atom is -0.495 e. The highest BCUT2D eigenvalue weighted by molar-refractivity contribution is 5.95. The Hall–Kier alpha value is -2.88. The van der Waals surface area contributed by atoms with Crippen LogP contribution in [0.2, 0.25) is 0 Å². The molecular weight excluding hydrogens is 288 g/mol. The van der Waals surface area contributed by atoms with Crippen LogP contribution < -0.4 is 4.74 Å². The summed E-state index contributed by atoms with van der Waals surface area (Å²) in [6, 6.07) is 7.66. The van der Waals surface area contributed by atoms with Crippen LogP contribution in [0.3, 0.4) is 0 Å². The maximum absolute atomic E-state index is 11.5. The molecule has 23 heavy (non-hydrogen) atoms. The Bertz CT molecular complexity index is 907. The first-order chi connectivity index (χ1) is 11.1. The summed E-state index contributed by atoms with van der Waals surface area (Å²) in [7, 11) is 1.65. The van der Waals surface area contributed by atoms with E-state index in [4.69, 9.17) is 4.74 Å². The van der Waals surface area contributed by atoms with Crippen molar-refractivity contribution in [3.05, 3.63) is 58.9 Å². The van der Waals surface area contributed by atoms with Crippen LogP contribution in [0.15, 0.2) is 36.7 Å². The highest BCUT2D eigenvalue weighted by atomic mass is 16.5. The molecule has 1 aromatic carbocycles. The number of nitrogens with zero attached hydrogens (tertiary/aromatic N) is 1. The van der Waals surface area contributed by atoms with Crippen molar-refractivity contribution in [2.45, 2.75) is 13.8 Å². The van der Waals surface area contributed by atoms with E-state index in [1.807, 2.05) is 49.5 Å². The maximum atomic E-state index is 11.5.